The van der Waals surface area contributed by atoms with Crippen molar-refractivity contribution in [3.63, 3.8) is 0 Å². The molecular weight excluding hydrogens is 387 g/mol. The minimum atomic E-state index is -0.287. The molecule has 0 bridgehead atoms. The number of ether oxygens (including phenoxy) is 1. The molecule has 3 aromatic rings. The van der Waals surface area contributed by atoms with Gasteiger partial charge in [-0.15, -0.1) is 0 Å². The van der Waals surface area contributed by atoms with Crippen LogP contribution in [0.15, 0.2) is 30.5 Å². The van der Waals surface area contributed by atoms with Gasteiger partial charge in [0.05, 0.1) is 17.3 Å². The molecule has 2 aromatic heterocycles. The number of amides is 1. The van der Waals surface area contributed by atoms with Crippen molar-refractivity contribution in [1.82, 2.24) is 24.6 Å². The monoisotopic (exact) mass is 410 g/mol. The van der Waals surface area contributed by atoms with Crippen LogP contribution < -0.4 is 4.90 Å². The summed E-state index contributed by atoms with van der Waals surface area (Å²) in [5.74, 6) is 1.79. The number of benzene rings is 1. The molecule has 0 unspecified atom stereocenters. The Hall–Kier alpha value is -3.07. The smallest absolute Gasteiger partial charge is 0.248 e. The van der Waals surface area contributed by atoms with Crippen molar-refractivity contribution in [2.75, 3.05) is 44.8 Å². The van der Waals surface area contributed by atoms with Crippen LogP contribution in [0.25, 0.3) is 16.7 Å². The van der Waals surface area contributed by atoms with Gasteiger partial charge in [-0.2, -0.15) is 5.10 Å². The molecular formula is C21H23FN6O2. The molecule has 1 saturated carbocycles. The highest BCUT2D eigenvalue weighted by Crippen LogP contribution is 2.40. The number of aromatic nitrogens is 4. The Morgan fingerprint density at radius 1 is 1.13 bits per heavy atom. The van der Waals surface area contributed by atoms with E-state index in [1.165, 1.54) is 19.2 Å². The standard InChI is InChI=1S/C21H23FN6O2/c1-30-13-18(29)26-8-10-27(11-9-26)20-17-12-23-28(16-6-4-15(22)5-7-16)21(17)25-19(24-20)14-2-3-14/h4-7,12,14H,2-3,8-11,13H2,1H3. The maximum Gasteiger partial charge on any atom is 0.248 e. The van der Waals surface area contributed by atoms with Gasteiger partial charge in [0.1, 0.15) is 24.1 Å². The molecule has 3 heterocycles. The molecule has 1 aliphatic carbocycles. The number of anilines is 1. The maximum absolute atomic E-state index is 13.4. The third kappa shape index (κ3) is 3.49. The molecule has 1 aromatic carbocycles. The van der Waals surface area contributed by atoms with Gasteiger partial charge in [-0.1, -0.05) is 0 Å². The lowest BCUT2D eigenvalue weighted by Gasteiger charge is -2.35. The summed E-state index contributed by atoms with van der Waals surface area (Å²) in [6, 6.07) is 6.23. The highest BCUT2D eigenvalue weighted by molar-refractivity contribution is 5.88. The average Bonchev–Trinajstić information content (AvgIpc) is 3.53. The number of methoxy groups -OCH3 is 1. The summed E-state index contributed by atoms with van der Waals surface area (Å²) in [5.41, 5.74) is 1.49. The molecule has 0 N–H and O–H groups in total. The van der Waals surface area contributed by atoms with Crippen LogP contribution in [0.4, 0.5) is 10.2 Å². The lowest BCUT2D eigenvalue weighted by atomic mass is 10.2. The Labute approximate surface area is 173 Å². The Balaban J connectivity index is 1.49. The first kappa shape index (κ1) is 18.9. The molecule has 5 rings (SSSR count). The summed E-state index contributed by atoms with van der Waals surface area (Å²) in [4.78, 5) is 25.8. The predicted molar refractivity (Wildman–Crippen MR) is 109 cm³/mol. The summed E-state index contributed by atoms with van der Waals surface area (Å²) in [7, 11) is 1.53. The predicted octanol–water partition coefficient (Wildman–Crippen LogP) is 2.13. The second kappa shape index (κ2) is 7.64. The van der Waals surface area contributed by atoms with Crippen molar-refractivity contribution in [3.8, 4) is 5.69 Å². The van der Waals surface area contributed by atoms with Gasteiger partial charge in [0.2, 0.25) is 5.91 Å². The van der Waals surface area contributed by atoms with E-state index in [1.807, 2.05) is 4.90 Å². The first-order valence-electron chi connectivity index (χ1n) is 10.2. The van der Waals surface area contributed by atoms with E-state index < -0.39 is 0 Å². The fraction of sp³-hybridized carbons (Fsp3) is 0.429. The summed E-state index contributed by atoms with van der Waals surface area (Å²) >= 11 is 0. The third-order valence-corrected chi connectivity index (χ3v) is 5.64. The van der Waals surface area contributed by atoms with Gasteiger partial charge in [0.15, 0.2) is 5.65 Å². The topological polar surface area (TPSA) is 76.4 Å². The molecule has 0 spiro atoms. The fourth-order valence-electron chi connectivity index (χ4n) is 3.83. The number of piperazine rings is 1. The van der Waals surface area contributed by atoms with E-state index in [0.717, 1.165) is 41.2 Å². The molecule has 2 aliphatic rings. The first-order chi connectivity index (χ1) is 14.6. The zero-order chi connectivity index (χ0) is 20.7. The van der Waals surface area contributed by atoms with Crippen LogP contribution in [-0.4, -0.2) is 70.5 Å². The molecule has 1 amide bonds. The van der Waals surface area contributed by atoms with Crippen molar-refractivity contribution < 1.29 is 13.9 Å². The van der Waals surface area contributed by atoms with E-state index in [2.05, 4.69) is 10.00 Å². The molecule has 8 nitrogen and oxygen atoms in total. The van der Waals surface area contributed by atoms with Gasteiger partial charge < -0.3 is 14.5 Å². The Bertz CT molecular complexity index is 1070. The Kier molecular flexibility index (Phi) is 4.82. The van der Waals surface area contributed by atoms with E-state index in [-0.39, 0.29) is 18.3 Å². The second-order valence-corrected chi connectivity index (χ2v) is 7.75. The summed E-state index contributed by atoms with van der Waals surface area (Å²) in [6.45, 7) is 2.73. The second-order valence-electron chi connectivity index (χ2n) is 7.75. The minimum Gasteiger partial charge on any atom is -0.375 e. The zero-order valence-electron chi connectivity index (χ0n) is 16.8. The summed E-state index contributed by atoms with van der Waals surface area (Å²) < 4.78 is 20.1. The van der Waals surface area contributed by atoms with Crippen LogP contribution in [0.2, 0.25) is 0 Å². The average molecular weight is 410 g/mol. The summed E-state index contributed by atoms with van der Waals surface area (Å²) in [5, 5.41) is 5.38. The number of fused-ring (bicyclic) bond motifs is 1. The molecule has 9 heteroatoms. The van der Waals surface area contributed by atoms with E-state index in [1.54, 1.807) is 23.0 Å². The van der Waals surface area contributed by atoms with E-state index in [4.69, 9.17) is 14.7 Å². The number of hydrogen-bond donors (Lipinski definition) is 0. The SMILES string of the molecule is COCC(=O)N1CCN(c2nc(C3CC3)nc3c2cnn3-c2ccc(F)cc2)CC1. The van der Waals surface area contributed by atoms with E-state index in [0.29, 0.717) is 32.1 Å². The Morgan fingerprint density at radius 2 is 1.87 bits per heavy atom. The number of carbonyl (C=O) groups excluding carboxylic acids is 1. The quantitative estimate of drug-likeness (QED) is 0.641. The third-order valence-electron chi connectivity index (χ3n) is 5.64. The van der Waals surface area contributed by atoms with Crippen molar-refractivity contribution in [2.45, 2.75) is 18.8 Å². The first-order valence-corrected chi connectivity index (χ1v) is 10.2. The summed E-state index contributed by atoms with van der Waals surface area (Å²) in [6.07, 6.45) is 3.96. The van der Waals surface area contributed by atoms with E-state index >= 15 is 0 Å². The van der Waals surface area contributed by atoms with Crippen LogP contribution in [0, 0.1) is 5.82 Å². The molecule has 2 fully saturated rings. The van der Waals surface area contributed by atoms with Gasteiger partial charge in [-0.25, -0.2) is 19.0 Å². The number of halogens is 1. The highest BCUT2D eigenvalue weighted by Gasteiger charge is 2.30. The van der Waals surface area contributed by atoms with Crippen LogP contribution in [0.3, 0.4) is 0 Å². The van der Waals surface area contributed by atoms with Gasteiger partial charge in [0.25, 0.3) is 0 Å². The normalized spacial score (nSPS) is 17.0. The van der Waals surface area contributed by atoms with Crippen LogP contribution in [0.5, 0.6) is 0 Å². The van der Waals surface area contributed by atoms with Gasteiger partial charge in [-0.05, 0) is 37.1 Å². The highest BCUT2D eigenvalue weighted by atomic mass is 19.1. The molecule has 30 heavy (non-hydrogen) atoms. The molecule has 1 saturated heterocycles. The number of carbonyl (C=O) groups is 1. The molecule has 156 valence electrons. The lowest BCUT2D eigenvalue weighted by molar-refractivity contribution is -0.135. The fourth-order valence-corrected chi connectivity index (χ4v) is 3.83. The number of rotatable bonds is 5. The number of nitrogens with zero attached hydrogens (tertiary/aromatic N) is 6. The van der Waals surface area contributed by atoms with Crippen molar-refractivity contribution in [2.24, 2.45) is 0 Å². The largest absolute Gasteiger partial charge is 0.375 e. The lowest BCUT2D eigenvalue weighted by Crippen LogP contribution is -2.50. The molecule has 1 aliphatic heterocycles. The van der Waals surface area contributed by atoms with Crippen molar-refractivity contribution >= 4 is 22.8 Å². The molecule has 0 atom stereocenters. The number of hydrogen-bond acceptors (Lipinski definition) is 6. The van der Waals surface area contributed by atoms with Gasteiger partial charge in [-0.3, -0.25) is 4.79 Å². The van der Waals surface area contributed by atoms with Gasteiger partial charge >= 0.3 is 0 Å². The van der Waals surface area contributed by atoms with Crippen LogP contribution in [-0.2, 0) is 9.53 Å². The van der Waals surface area contributed by atoms with E-state index in [9.17, 15) is 9.18 Å². The van der Waals surface area contributed by atoms with Gasteiger partial charge in [0, 0.05) is 39.2 Å². The maximum atomic E-state index is 13.4. The minimum absolute atomic E-state index is 0.00721. The van der Waals surface area contributed by atoms with Crippen LogP contribution in [0.1, 0.15) is 24.6 Å². The molecule has 0 radical (unpaired) electrons. The zero-order valence-corrected chi connectivity index (χ0v) is 16.8. The van der Waals surface area contributed by atoms with Crippen LogP contribution >= 0.6 is 0 Å². The Morgan fingerprint density at radius 3 is 2.53 bits per heavy atom. The van der Waals surface area contributed by atoms with Crippen molar-refractivity contribution in [1.29, 1.82) is 0 Å². The van der Waals surface area contributed by atoms with Crippen molar-refractivity contribution in [3.05, 3.63) is 42.1 Å².